The van der Waals surface area contributed by atoms with Crippen molar-refractivity contribution in [2.45, 2.75) is 6.43 Å². The Morgan fingerprint density at radius 2 is 2.31 bits per heavy atom. The molecule has 72 valence electrons. The number of halogens is 3. The Balaban J connectivity index is 2.54. The predicted octanol–water partition coefficient (Wildman–Crippen LogP) is 2.33. The third-order valence-corrected chi connectivity index (χ3v) is 1.34. The molecule has 0 atom stereocenters. The zero-order valence-electron chi connectivity index (χ0n) is 6.43. The van der Waals surface area contributed by atoms with Crippen LogP contribution < -0.4 is 5.32 Å². The number of alkyl halides is 2. The van der Waals surface area contributed by atoms with E-state index in [2.05, 4.69) is 42.4 Å². The lowest BCUT2D eigenvalue weighted by Gasteiger charge is -1.96. The van der Waals surface area contributed by atoms with Crippen LogP contribution in [0.15, 0.2) is 15.5 Å². The maximum absolute atomic E-state index is 11.9. The highest BCUT2D eigenvalue weighted by Crippen LogP contribution is 2.18. The smallest absolute Gasteiger partial charge is 0.315 e. The monoisotopic (exact) mass is 253 g/mol. The highest BCUT2D eigenvalue weighted by atomic mass is 79.9. The SMILES string of the molecule is C=C(Br)CNc1nnc(C(F)F)o1. The van der Waals surface area contributed by atoms with Gasteiger partial charge in [-0.3, -0.25) is 0 Å². The lowest BCUT2D eigenvalue weighted by Crippen LogP contribution is -2.00. The number of hydrogen-bond acceptors (Lipinski definition) is 4. The van der Waals surface area contributed by atoms with E-state index in [0.29, 0.717) is 11.0 Å². The number of nitrogens with one attached hydrogen (secondary N) is 1. The summed E-state index contributed by atoms with van der Waals surface area (Å²) in [6.07, 6.45) is -2.74. The van der Waals surface area contributed by atoms with Crippen molar-refractivity contribution < 1.29 is 13.2 Å². The molecule has 0 aliphatic carbocycles. The van der Waals surface area contributed by atoms with Gasteiger partial charge in [0.2, 0.25) is 0 Å². The third-order valence-electron chi connectivity index (χ3n) is 1.06. The largest absolute Gasteiger partial charge is 0.402 e. The summed E-state index contributed by atoms with van der Waals surface area (Å²) in [6.45, 7) is 3.87. The molecule has 7 heteroatoms. The third kappa shape index (κ3) is 3.10. The molecule has 0 aliphatic heterocycles. The molecule has 0 fully saturated rings. The Labute approximate surface area is 81.2 Å². The van der Waals surface area contributed by atoms with Gasteiger partial charge in [-0.05, 0) is 0 Å². The van der Waals surface area contributed by atoms with Crippen molar-refractivity contribution in [2.75, 3.05) is 11.9 Å². The molecule has 1 heterocycles. The van der Waals surface area contributed by atoms with E-state index in [-0.39, 0.29) is 6.01 Å². The fraction of sp³-hybridized carbons (Fsp3) is 0.333. The van der Waals surface area contributed by atoms with Gasteiger partial charge < -0.3 is 9.73 Å². The zero-order chi connectivity index (χ0) is 9.84. The van der Waals surface area contributed by atoms with Gasteiger partial charge in [0.25, 0.3) is 5.89 Å². The summed E-state index contributed by atoms with van der Waals surface area (Å²) in [7, 11) is 0. The minimum atomic E-state index is -2.74. The summed E-state index contributed by atoms with van der Waals surface area (Å²) in [5.74, 6) is -0.692. The minimum Gasteiger partial charge on any atom is -0.402 e. The second-order valence-corrected chi connectivity index (χ2v) is 3.24. The van der Waals surface area contributed by atoms with Crippen LogP contribution >= 0.6 is 15.9 Å². The Bertz CT molecular complexity index is 302. The van der Waals surface area contributed by atoms with Gasteiger partial charge in [0.15, 0.2) is 0 Å². The second kappa shape index (κ2) is 4.31. The number of aromatic nitrogens is 2. The normalized spacial score (nSPS) is 10.5. The summed E-state index contributed by atoms with van der Waals surface area (Å²) in [5.41, 5.74) is 0. The molecule has 0 amide bonds. The van der Waals surface area contributed by atoms with E-state index in [1.165, 1.54) is 0 Å². The first kappa shape index (κ1) is 10.1. The fourth-order valence-electron chi connectivity index (χ4n) is 0.566. The summed E-state index contributed by atoms with van der Waals surface area (Å²) >= 11 is 3.07. The molecule has 0 aliphatic rings. The van der Waals surface area contributed by atoms with Gasteiger partial charge in [-0.25, -0.2) is 0 Å². The number of nitrogens with zero attached hydrogens (tertiary/aromatic N) is 2. The lowest BCUT2D eigenvalue weighted by molar-refractivity contribution is 0.116. The van der Waals surface area contributed by atoms with Crippen LogP contribution in [0.4, 0.5) is 14.8 Å². The van der Waals surface area contributed by atoms with E-state index in [1.807, 2.05) is 0 Å². The van der Waals surface area contributed by atoms with Crippen LogP contribution in [0.5, 0.6) is 0 Å². The van der Waals surface area contributed by atoms with E-state index < -0.39 is 12.3 Å². The molecule has 1 N–H and O–H groups in total. The van der Waals surface area contributed by atoms with Gasteiger partial charge >= 0.3 is 12.4 Å². The molecule has 0 bridgehead atoms. The molecule has 1 aromatic heterocycles. The fourth-order valence-corrected chi connectivity index (χ4v) is 0.706. The molecular formula is C6H6BrF2N3O. The van der Waals surface area contributed by atoms with Crippen LogP contribution in [-0.2, 0) is 0 Å². The highest BCUT2D eigenvalue weighted by Gasteiger charge is 2.15. The summed E-state index contributed by atoms with van der Waals surface area (Å²) in [6, 6.07) is -0.0455. The average Bonchev–Trinajstić information content (AvgIpc) is 2.48. The van der Waals surface area contributed by atoms with Gasteiger partial charge in [0.05, 0.1) is 6.54 Å². The van der Waals surface area contributed by atoms with Crippen molar-refractivity contribution >= 4 is 21.9 Å². The molecular weight excluding hydrogens is 248 g/mol. The van der Waals surface area contributed by atoms with Gasteiger partial charge in [-0.2, -0.15) is 8.78 Å². The first-order valence-corrected chi connectivity index (χ1v) is 4.07. The van der Waals surface area contributed by atoms with Crippen molar-refractivity contribution in [3.05, 3.63) is 17.0 Å². The van der Waals surface area contributed by atoms with Crippen LogP contribution in [-0.4, -0.2) is 16.7 Å². The molecule has 0 saturated carbocycles. The van der Waals surface area contributed by atoms with Crippen molar-refractivity contribution in [3.8, 4) is 0 Å². The quantitative estimate of drug-likeness (QED) is 0.895. The molecule has 0 radical (unpaired) electrons. The highest BCUT2D eigenvalue weighted by molar-refractivity contribution is 9.11. The molecule has 1 rings (SSSR count). The summed E-state index contributed by atoms with van der Waals surface area (Å²) in [4.78, 5) is 0. The standard InChI is InChI=1S/C6H6BrF2N3O/c1-3(7)2-10-6-12-11-5(13-6)4(8)9/h4H,1-2H2,(H,10,12). The van der Waals surface area contributed by atoms with Gasteiger partial charge in [-0.1, -0.05) is 27.6 Å². The van der Waals surface area contributed by atoms with Crippen LogP contribution in [0.1, 0.15) is 12.3 Å². The maximum atomic E-state index is 11.9. The Kier molecular flexibility index (Phi) is 3.35. The van der Waals surface area contributed by atoms with Crippen molar-refractivity contribution in [3.63, 3.8) is 0 Å². The number of hydrogen-bond donors (Lipinski definition) is 1. The van der Waals surface area contributed by atoms with E-state index in [4.69, 9.17) is 0 Å². The Morgan fingerprint density at radius 1 is 1.62 bits per heavy atom. The molecule has 4 nitrogen and oxygen atoms in total. The first-order chi connectivity index (χ1) is 6.09. The van der Waals surface area contributed by atoms with Crippen LogP contribution in [0.2, 0.25) is 0 Å². The molecule has 0 spiro atoms. The minimum absolute atomic E-state index is 0.0455. The van der Waals surface area contributed by atoms with Crippen molar-refractivity contribution in [1.29, 1.82) is 0 Å². The Hall–Kier alpha value is -0.980. The van der Waals surface area contributed by atoms with Crippen LogP contribution in [0, 0.1) is 0 Å². The maximum Gasteiger partial charge on any atom is 0.315 e. The first-order valence-electron chi connectivity index (χ1n) is 3.28. The van der Waals surface area contributed by atoms with Crippen LogP contribution in [0.25, 0.3) is 0 Å². The van der Waals surface area contributed by atoms with E-state index in [9.17, 15) is 8.78 Å². The molecule has 0 saturated heterocycles. The topological polar surface area (TPSA) is 51.0 Å². The second-order valence-electron chi connectivity index (χ2n) is 2.12. The van der Waals surface area contributed by atoms with E-state index in [1.54, 1.807) is 0 Å². The van der Waals surface area contributed by atoms with Crippen LogP contribution in [0.3, 0.4) is 0 Å². The van der Waals surface area contributed by atoms with Gasteiger partial charge in [-0.15, -0.1) is 5.10 Å². The molecule has 0 aromatic carbocycles. The molecule has 1 aromatic rings. The summed E-state index contributed by atoms with van der Waals surface area (Å²) in [5, 5.41) is 9.06. The van der Waals surface area contributed by atoms with E-state index >= 15 is 0 Å². The number of anilines is 1. The average molecular weight is 254 g/mol. The van der Waals surface area contributed by atoms with Crippen molar-refractivity contribution in [1.82, 2.24) is 10.2 Å². The molecule has 13 heavy (non-hydrogen) atoms. The zero-order valence-corrected chi connectivity index (χ0v) is 8.01. The van der Waals surface area contributed by atoms with Crippen molar-refractivity contribution in [2.24, 2.45) is 0 Å². The van der Waals surface area contributed by atoms with Gasteiger partial charge in [0, 0.05) is 4.48 Å². The predicted molar refractivity (Wildman–Crippen MR) is 45.8 cm³/mol. The lowest BCUT2D eigenvalue weighted by atomic mass is 10.6. The van der Waals surface area contributed by atoms with Gasteiger partial charge in [0.1, 0.15) is 0 Å². The van der Waals surface area contributed by atoms with E-state index in [0.717, 1.165) is 0 Å². The Morgan fingerprint density at radius 3 is 2.77 bits per heavy atom. The number of rotatable bonds is 4. The summed E-state index contributed by atoms with van der Waals surface area (Å²) < 4.78 is 29.1. The molecule has 0 unspecified atom stereocenters.